The number of aromatic nitrogens is 2. The molecule has 32 heavy (non-hydrogen) atoms. The number of hydrogen-bond donors (Lipinski definition) is 1. The Morgan fingerprint density at radius 2 is 1.62 bits per heavy atom. The van der Waals surface area contributed by atoms with Gasteiger partial charge in [-0.05, 0) is 63.6 Å². The molecule has 0 unspecified atom stereocenters. The minimum absolute atomic E-state index is 0.499. The fourth-order valence-electron chi connectivity index (χ4n) is 3.85. The van der Waals surface area contributed by atoms with Gasteiger partial charge in [0, 0.05) is 30.6 Å². The summed E-state index contributed by atoms with van der Waals surface area (Å²) < 4.78 is 10.7. The highest BCUT2D eigenvalue weighted by molar-refractivity contribution is 5.90. The van der Waals surface area contributed by atoms with E-state index in [9.17, 15) is 0 Å². The molecule has 0 aliphatic heterocycles. The highest BCUT2D eigenvalue weighted by atomic mass is 16.5. The largest absolute Gasteiger partial charge is 0.493 e. The van der Waals surface area contributed by atoms with E-state index in [1.165, 1.54) is 0 Å². The lowest BCUT2D eigenvalue weighted by Crippen LogP contribution is -2.40. The van der Waals surface area contributed by atoms with Crippen LogP contribution in [0.5, 0.6) is 11.5 Å². The second-order valence-corrected chi connectivity index (χ2v) is 8.25. The summed E-state index contributed by atoms with van der Waals surface area (Å²) in [6.45, 7) is 10.7. The average Bonchev–Trinajstić information content (AvgIpc) is 2.79. The van der Waals surface area contributed by atoms with Gasteiger partial charge in [0.25, 0.3) is 0 Å². The molecule has 2 aromatic carbocycles. The smallest absolute Gasteiger partial charge is 0.161 e. The van der Waals surface area contributed by atoms with Gasteiger partial charge in [-0.15, -0.1) is 0 Å². The van der Waals surface area contributed by atoms with Crippen molar-refractivity contribution in [2.45, 2.75) is 39.8 Å². The van der Waals surface area contributed by atoms with Gasteiger partial charge < -0.3 is 14.8 Å². The maximum atomic E-state index is 5.40. The van der Waals surface area contributed by atoms with E-state index in [2.05, 4.69) is 44.0 Å². The number of hydrogen-bond acceptors (Lipinski definition) is 6. The Balaban J connectivity index is 1.84. The average molecular weight is 435 g/mol. The Morgan fingerprint density at radius 1 is 0.906 bits per heavy atom. The zero-order valence-electron chi connectivity index (χ0n) is 19.9. The third-order valence-corrected chi connectivity index (χ3v) is 5.44. The predicted octanol–water partition coefficient (Wildman–Crippen LogP) is 5.35. The topological polar surface area (TPSA) is 59.5 Å². The summed E-state index contributed by atoms with van der Waals surface area (Å²) in [4.78, 5) is 12.0. The SMILES string of the molecule is COc1ccc(/C=C/c2nc(NCCN(C(C)C)C(C)C)c3ccccc3n2)cc1OC. The third-order valence-electron chi connectivity index (χ3n) is 5.44. The quantitative estimate of drug-likeness (QED) is 0.464. The van der Waals surface area contributed by atoms with Gasteiger partial charge >= 0.3 is 0 Å². The Kier molecular flexibility index (Phi) is 8.06. The van der Waals surface area contributed by atoms with Crippen LogP contribution in [-0.4, -0.2) is 54.3 Å². The van der Waals surface area contributed by atoms with Crippen LogP contribution in [-0.2, 0) is 0 Å². The van der Waals surface area contributed by atoms with Crippen molar-refractivity contribution in [2.75, 3.05) is 32.6 Å². The normalized spacial score (nSPS) is 11.8. The molecule has 0 fully saturated rings. The van der Waals surface area contributed by atoms with Crippen LogP contribution in [0.15, 0.2) is 42.5 Å². The molecule has 0 radical (unpaired) electrons. The molecule has 0 bridgehead atoms. The number of para-hydroxylation sites is 1. The number of rotatable bonds is 10. The minimum atomic E-state index is 0.499. The van der Waals surface area contributed by atoms with Crippen LogP contribution < -0.4 is 14.8 Å². The molecule has 6 nitrogen and oxygen atoms in total. The highest BCUT2D eigenvalue weighted by Crippen LogP contribution is 2.28. The first-order valence-corrected chi connectivity index (χ1v) is 11.1. The van der Waals surface area contributed by atoms with Crippen molar-refractivity contribution in [1.29, 1.82) is 0 Å². The molecule has 3 aromatic rings. The number of benzene rings is 2. The van der Waals surface area contributed by atoms with Crippen LogP contribution in [0.1, 0.15) is 39.1 Å². The fraction of sp³-hybridized carbons (Fsp3) is 0.385. The van der Waals surface area contributed by atoms with Crippen molar-refractivity contribution in [1.82, 2.24) is 14.9 Å². The zero-order valence-corrected chi connectivity index (χ0v) is 19.9. The van der Waals surface area contributed by atoms with Crippen LogP contribution in [0.2, 0.25) is 0 Å². The Morgan fingerprint density at radius 3 is 2.31 bits per heavy atom. The molecule has 1 aromatic heterocycles. The minimum Gasteiger partial charge on any atom is -0.493 e. The predicted molar refractivity (Wildman–Crippen MR) is 133 cm³/mol. The van der Waals surface area contributed by atoms with Gasteiger partial charge in [-0.25, -0.2) is 9.97 Å². The fourth-order valence-corrected chi connectivity index (χ4v) is 3.85. The summed E-state index contributed by atoms with van der Waals surface area (Å²) in [5.41, 5.74) is 1.90. The lowest BCUT2D eigenvalue weighted by molar-refractivity contribution is 0.182. The summed E-state index contributed by atoms with van der Waals surface area (Å²) in [6.07, 6.45) is 3.91. The van der Waals surface area contributed by atoms with E-state index >= 15 is 0 Å². The first-order chi connectivity index (χ1) is 15.4. The van der Waals surface area contributed by atoms with Crippen molar-refractivity contribution in [3.05, 3.63) is 53.9 Å². The van der Waals surface area contributed by atoms with Crippen LogP contribution in [0.4, 0.5) is 5.82 Å². The highest BCUT2D eigenvalue weighted by Gasteiger charge is 2.13. The summed E-state index contributed by atoms with van der Waals surface area (Å²) in [5, 5.41) is 4.56. The summed E-state index contributed by atoms with van der Waals surface area (Å²) in [5.74, 6) is 2.91. The molecule has 0 saturated carbocycles. The van der Waals surface area contributed by atoms with E-state index in [0.717, 1.165) is 35.4 Å². The summed E-state index contributed by atoms with van der Waals surface area (Å²) in [7, 11) is 3.27. The van der Waals surface area contributed by atoms with Crippen LogP contribution >= 0.6 is 0 Å². The maximum absolute atomic E-state index is 5.40. The van der Waals surface area contributed by atoms with Gasteiger partial charge in [0.2, 0.25) is 0 Å². The second kappa shape index (κ2) is 11.0. The van der Waals surface area contributed by atoms with E-state index in [1.807, 2.05) is 48.6 Å². The molecule has 3 rings (SSSR count). The molecule has 1 heterocycles. The van der Waals surface area contributed by atoms with Gasteiger partial charge in [-0.2, -0.15) is 0 Å². The van der Waals surface area contributed by atoms with Crippen LogP contribution in [0.3, 0.4) is 0 Å². The molecule has 6 heteroatoms. The zero-order chi connectivity index (χ0) is 23.1. The van der Waals surface area contributed by atoms with Gasteiger partial charge in [0.1, 0.15) is 5.82 Å². The number of methoxy groups -OCH3 is 2. The van der Waals surface area contributed by atoms with Crippen molar-refractivity contribution < 1.29 is 9.47 Å². The Labute approximate surface area is 191 Å². The number of ether oxygens (including phenoxy) is 2. The number of nitrogens with zero attached hydrogens (tertiary/aromatic N) is 3. The van der Waals surface area contributed by atoms with E-state index in [-0.39, 0.29) is 0 Å². The van der Waals surface area contributed by atoms with Gasteiger partial charge in [0.15, 0.2) is 17.3 Å². The van der Waals surface area contributed by atoms with E-state index in [4.69, 9.17) is 19.4 Å². The molecule has 0 saturated heterocycles. The van der Waals surface area contributed by atoms with Crippen LogP contribution in [0.25, 0.3) is 23.1 Å². The molecule has 0 aliphatic rings. The molecule has 0 aliphatic carbocycles. The first kappa shape index (κ1) is 23.5. The van der Waals surface area contributed by atoms with E-state index in [0.29, 0.717) is 29.4 Å². The molecular weight excluding hydrogens is 400 g/mol. The van der Waals surface area contributed by atoms with Crippen molar-refractivity contribution in [2.24, 2.45) is 0 Å². The molecule has 170 valence electrons. The molecule has 0 spiro atoms. The van der Waals surface area contributed by atoms with E-state index < -0.39 is 0 Å². The maximum Gasteiger partial charge on any atom is 0.161 e. The lowest BCUT2D eigenvalue weighted by Gasteiger charge is -2.30. The second-order valence-electron chi connectivity index (χ2n) is 8.25. The Bertz CT molecular complexity index is 1050. The summed E-state index contributed by atoms with van der Waals surface area (Å²) >= 11 is 0. The van der Waals surface area contributed by atoms with Gasteiger partial charge in [0.05, 0.1) is 19.7 Å². The molecule has 0 atom stereocenters. The first-order valence-electron chi connectivity index (χ1n) is 11.1. The standard InChI is InChI=1S/C26H34N4O2/c1-18(2)30(19(3)4)16-15-27-26-21-9-7-8-10-22(21)28-25(29-26)14-12-20-11-13-23(31-5)24(17-20)32-6/h7-14,17-19H,15-16H2,1-6H3,(H,27,28,29)/b14-12+. The molecule has 0 amide bonds. The third kappa shape index (κ3) is 5.77. The van der Waals surface area contributed by atoms with Gasteiger partial charge in [-0.3, -0.25) is 4.90 Å². The lowest BCUT2D eigenvalue weighted by atomic mass is 10.2. The van der Waals surface area contributed by atoms with Crippen molar-refractivity contribution in [3.63, 3.8) is 0 Å². The van der Waals surface area contributed by atoms with Crippen molar-refractivity contribution in [3.8, 4) is 11.5 Å². The number of nitrogens with one attached hydrogen (secondary N) is 1. The molecular formula is C26H34N4O2. The van der Waals surface area contributed by atoms with Crippen LogP contribution in [0, 0.1) is 0 Å². The monoisotopic (exact) mass is 434 g/mol. The Hall–Kier alpha value is -3.12. The number of fused-ring (bicyclic) bond motifs is 1. The molecule has 1 N–H and O–H groups in total. The van der Waals surface area contributed by atoms with Gasteiger partial charge in [-0.1, -0.05) is 24.3 Å². The van der Waals surface area contributed by atoms with E-state index in [1.54, 1.807) is 14.2 Å². The van der Waals surface area contributed by atoms with Crippen molar-refractivity contribution >= 4 is 28.9 Å². The summed E-state index contributed by atoms with van der Waals surface area (Å²) in [6, 6.07) is 14.9. The number of anilines is 1.